The zero-order valence-corrected chi connectivity index (χ0v) is 12.2. The van der Waals surface area contributed by atoms with Crippen LogP contribution in [0.1, 0.15) is 39.7 Å². The monoisotopic (exact) mass is 264 g/mol. The van der Waals surface area contributed by atoms with Crippen molar-refractivity contribution in [1.82, 2.24) is 0 Å². The zero-order valence-electron chi connectivity index (χ0n) is 12.2. The average Bonchev–Trinajstić information content (AvgIpc) is 2.35. The maximum absolute atomic E-state index is 11.9. The van der Waals surface area contributed by atoms with Gasteiger partial charge in [-0.3, -0.25) is 4.79 Å². The Morgan fingerprint density at radius 3 is 2.37 bits per heavy atom. The van der Waals surface area contributed by atoms with E-state index in [0.29, 0.717) is 6.61 Å². The normalized spacial score (nSPS) is 15.0. The lowest BCUT2D eigenvalue weighted by Crippen LogP contribution is -2.32. The standard InChI is InChI=1S/C16H24O3/c1-12(14(17)10-15(18)16(2,3)4)19-11-13-8-6-5-7-9-13/h5-9,12,15,18H,10-11H2,1-4H3/t12-,15-/m0/s1. The summed E-state index contributed by atoms with van der Waals surface area (Å²) < 4.78 is 5.54. The molecule has 0 heterocycles. The summed E-state index contributed by atoms with van der Waals surface area (Å²) in [5, 5.41) is 9.91. The topological polar surface area (TPSA) is 46.5 Å². The summed E-state index contributed by atoms with van der Waals surface area (Å²) in [7, 11) is 0. The van der Waals surface area contributed by atoms with Crippen LogP contribution in [0.2, 0.25) is 0 Å². The van der Waals surface area contributed by atoms with Gasteiger partial charge >= 0.3 is 0 Å². The molecular formula is C16H24O3. The lowest BCUT2D eigenvalue weighted by Gasteiger charge is -2.26. The van der Waals surface area contributed by atoms with E-state index in [2.05, 4.69) is 0 Å². The van der Waals surface area contributed by atoms with E-state index in [1.54, 1.807) is 6.92 Å². The first-order chi connectivity index (χ1) is 8.80. The number of Topliss-reactive ketones (excluding diaryl/α,β-unsaturated/α-hetero) is 1. The van der Waals surface area contributed by atoms with Gasteiger partial charge < -0.3 is 9.84 Å². The molecule has 3 nitrogen and oxygen atoms in total. The minimum absolute atomic E-state index is 0.0571. The molecular weight excluding hydrogens is 240 g/mol. The van der Waals surface area contributed by atoms with Crippen LogP contribution in [0.15, 0.2) is 30.3 Å². The van der Waals surface area contributed by atoms with Gasteiger partial charge in [0.2, 0.25) is 0 Å². The quantitative estimate of drug-likeness (QED) is 0.859. The van der Waals surface area contributed by atoms with E-state index in [1.165, 1.54) is 0 Å². The molecule has 0 aliphatic heterocycles. The second kappa shape index (κ2) is 6.83. The Hall–Kier alpha value is -1.19. The molecule has 2 atom stereocenters. The number of aliphatic hydroxyl groups is 1. The number of ketones is 1. The molecule has 0 amide bonds. The average molecular weight is 264 g/mol. The first-order valence-electron chi connectivity index (χ1n) is 6.67. The first-order valence-corrected chi connectivity index (χ1v) is 6.67. The molecule has 0 radical (unpaired) electrons. The number of ether oxygens (including phenoxy) is 1. The van der Waals surface area contributed by atoms with Gasteiger partial charge in [-0.05, 0) is 17.9 Å². The molecule has 0 bridgehead atoms. The molecule has 0 unspecified atom stereocenters. The number of hydrogen-bond donors (Lipinski definition) is 1. The number of carbonyl (C=O) groups excluding carboxylic acids is 1. The van der Waals surface area contributed by atoms with Gasteiger partial charge in [0.1, 0.15) is 6.10 Å². The number of aliphatic hydroxyl groups excluding tert-OH is 1. The number of carbonyl (C=O) groups is 1. The highest BCUT2D eigenvalue weighted by atomic mass is 16.5. The predicted octanol–water partition coefficient (Wildman–Crippen LogP) is 2.96. The third kappa shape index (κ3) is 5.53. The van der Waals surface area contributed by atoms with Crippen LogP contribution in [0, 0.1) is 5.41 Å². The molecule has 106 valence electrons. The Bertz CT molecular complexity index is 392. The largest absolute Gasteiger partial charge is 0.392 e. The highest BCUT2D eigenvalue weighted by molar-refractivity contribution is 5.83. The molecule has 3 heteroatoms. The number of benzene rings is 1. The summed E-state index contributed by atoms with van der Waals surface area (Å²) in [4.78, 5) is 11.9. The fourth-order valence-electron chi connectivity index (χ4n) is 1.55. The van der Waals surface area contributed by atoms with E-state index >= 15 is 0 Å². The van der Waals surface area contributed by atoms with Crippen molar-refractivity contribution in [3.05, 3.63) is 35.9 Å². The van der Waals surface area contributed by atoms with Gasteiger partial charge in [-0.15, -0.1) is 0 Å². The lowest BCUT2D eigenvalue weighted by molar-refractivity contribution is -0.133. The SMILES string of the molecule is C[C@H](OCc1ccccc1)C(=O)C[C@H](O)C(C)(C)C. The van der Waals surface area contributed by atoms with Crippen LogP contribution in [0.4, 0.5) is 0 Å². The molecule has 0 spiro atoms. The minimum Gasteiger partial charge on any atom is -0.392 e. The lowest BCUT2D eigenvalue weighted by atomic mass is 9.86. The summed E-state index contributed by atoms with van der Waals surface area (Å²) in [6.45, 7) is 7.90. The van der Waals surface area contributed by atoms with Crippen molar-refractivity contribution in [2.24, 2.45) is 5.41 Å². The van der Waals surface area contributed by atoms with Crippen LogP contribution >= 0.6 is 0 Å². The summed E-state index contributed by atoms with van der Waals surface area (Å²) in [5.74, 6) is -0.0571. The van der Waals surface area contributed by atoms with Crippen molar-refractivity contribution in [3.8, 4) is 0 Å². The molecule has 1 aromatic carbocycles. The van der Waals surface area contributed by atoms with Crippen molar-refractivity contribution in [1.29, 1.82) is 0 Å². The first kappa shape index (κ1) is 15.9. The van der Waals surface area contributed by atoms with E-state index < -0.39 is 12.2 Å². The third-order valence-corrected chi connectivity index (χ3v) is 3.19. The summed E-state index contributed by atoms with van der Waals surface area (Å²) in [6, 6.07) is 9.74. The fraction of sp³-hybridized carbons (Fsp3) is 0.562. The van der Waals surface area contributed by atoms with Gasteiger partial charge in [0.15, 0.2) is 5.78 Å². The maximum atomic E-state index is 11.9. The van der Waals surface area contributed by atoms with Crippen LogP contribution in [0.3, 0.4) is 0 Å². The van der Waals surface area contributed by atoms with Crippen LogP contribution in [0.5, 0.6) is 0 Å². The molecule has 19 heavy (non-hydrogen) atoms. The molecule has 0 aliphatic carbocycles. The zero-order chi connectivity index (χ0) is 14.5. The van der Waals surface area contributed by atoms with Crippen LogP contribution in [0.25, 0.3) is 0 Å². The highest BCUT2D eigenvalue weighted by Crippen LogP contribution is 2.22. The maximum Gasteiger partial charge on any atom is 0.163 e. The highest BCUT2D eigenvalue weighted by Gasteiger charge is 2.26. The van der Waals surface area contributed by atoms with Crippen LogP contribution in [-0.2, 0) is 16.1 Å². The molecule has 0 fully saturated rings. The Labute approximate surface area is 115 Å². The van der Waals surface area contributed by atoms with Gasteiger partial charge in [0, 0.05) is 6.42 Å². The third-order valence-electron chi connectivity index (χ3n) is 3.19. The summed E-state index contributed by atoms with van der Waals surface area (Å²) >= 11 is 0. The fourth-order valence-corrected chi connectivity index (χ4v) is 1.55. The summed E-state index contributed by atoms with van der Waals surface area (Å²) in [6.07, 6.45) is -0.987. The molecule has 1 N–H and O–H groups in total. The smallest absolute Gasteiger partial charge is 0.163 e. The van der Waals surface area contributed by atoms with Crippen LogP contribution < -0.4 is 0 Å². The second-order valence-electron chi connectivity index (χ2n) is 5.99. The van der Waals surface area contributed by atoms with Crippen molar-refractivity contribution in [2.75, 3.05) is 0 Å². The Morgan fingerprint density at radius 2 is 1.84 bits per heavy atom. The number of rotatable bonds is 6. The van der Waals surface area contributed by atoms with Crippen molar-refractivity contribution >= 4 is 5.78 Å². The van der Waals surface area contributed by atoms with Gasteiger partial charge in [-0.25, -0.2) is 0 Å². The van der Waals surface area contributed by atoms with Gasteiger partial charge in [0.05, 0.1) is 12.7 Å². The Kier molecular flexibility index (Phi) is 5.70. The van der Waals surface area contributed by atoms with E-state index in [4.69, 9.17) is 4.74 Å². The van der Waals surface area contributed by atoms with Crippen molar-refractivity contribution < 1.29 is 14.6 Å². The van der Waals surface area contributed by atoms with E-state index in [1.807, 2.05) is 51.1 Å². The van der Waals surface area contributed by atoms with Gasteiger partial charge in [-0.1, -0.05) is 51.1 Å². The molecule has 0 aliphatic rings. The second-order valence-corrected chi connectivity index (χ2v) is 5.99. The summed E-state index contributed by atoms with van der Waals surface area (Å²) in [5.41, 5.74) is 0.757. The number of hydrogen-bond acceptors (Lipinski definition) is 3. The van der Waals surface area contributed by atoms with Crippen molar-refractivity contribution in [2.45, 2.75) is 52.9 Å². The van der Waals surface area contributed by atoms with Crippen LogP contribution in [-0.4, -0.2) is 23.1 Å². The molecule has 1 aromatic rings. The Balaban J connectivity index is 2.41. The van der Waals surface area contributed by atoms with E-state index in [-0.39, 0.29) is 17.6 Å². The van der Waals surface area contributed by atoms with E-state index in [0.717, 1.165) is 5.56 Å². The minimum atomic E-state index is -0.636. The molecule has 0 saturated carbocycles. The molecule has 0 aromatic heterocycles. The predicted molar refractivity (Wildman–Crippen MR) is 75.8 cm³/mol. The van der Waals surface area contributed by atoms with Crippen molar-refractivity contribution in [3.63, 3.8) is 0 Å². The van der Waals surface area contributed by atoms with Gasteiger partial charge in [-0.2, -0.15) is 0 Å². The molecule has 0 saturated heterocycles. The van der Waals surface area contributed by atoms with E-state index in [9.17, 15) is 9.90 Å². The molecule has 1 rings (SSSR count). The van der Waals surface area contributed by atoms with Gasteiger partial charge in [0.25, 0.3) is 0 Å². The Morgan fingerprint density at radius 1 is 1.26 bits per heavy atom.